The number of imidazole rings is 1. The summed E-state index contributed by atoms with van der Waals surface area (Å²) in [6, 6.07) is 8.11. The van der Waals surface area contributed by atoms with E-state index in [1.807, 2.05) is 52.9 Å². The summed E-state index contributed by atoms with van der Waals surface area (Å²) < 4.78 is 12.6. The molecule has 178 valence electrons. The highest BCUT2D eigenvalue weighted by Gasteiger charge is 2.29. The number of rotatable bonds is 11. The van der Waals surface area contributed by atoms with Gasteiger partial charge in [0.15, 0.2) is 11.5 Å². The molecule has 1 aliphatic rings. The number of nitrogens with zero attached hydrogens (tertiary/aromatic N) is 3. The summed E-state index contributed by atoms with van der Waals surface area (Å²) in [6.07, 6.45) is 5.93. The minimum absolute atomic E-state index is 0.248. The van der Waals surface area contributed by atoms with E-state index in [2.05, 4.69) is 22.4 Å². The molecule has 0 spiro atoms. The lowest BCUT2D eigenvalue weighted by Crippen LogP contribution is -2.41. The van der Waals surface area contributed by atoms with E-state index in [1.165, 1.54) is 0 Å². The van der Waals surface area contributed by atoms with Gasteiger partial charge in [-0.3, -0.25) is 4.79 Å². The molecule has 1 aliphatic carbocycles. The summed E-state index contributed by atoms with van der Waals surface area (Å²) in [5.41, 5.74) is 3.89. The molecule has 0 bridgehead atoms. The molecule has 1 amide bonds. The second-order valence-electron chi connectivity index (χ2n) is 9.18. The van der Waals surface area contributed by atoms with Gasteiger partial charge in [0, 0.05) is 32.4 Å². The molecule has 7 nitrogen and oxygen atoms in total. The van der Waals surface area contributed by atoms with Gasteiger partial charge in [0.25, 0.3) is 5.91 Å². The third-order valence-corrected chi connectivity index (χ3v) is 5.67. The van der Waals surface area contributed by atoms with Gasteiger partial charge in [0.1, 0.15) is 0 Å². The lowest BCUT2D eigenvalue weighted by molar-refractivity contribution is 0.0908. The molecule has 0 atom stereocenters. The number of aromatic nitrogens is 2. The summed E-state index contributed by atoms with van der Waals surface area (Å²) in [7, 11) is 3.55. The first-order chi connectivity index (χ1) is 15.7. The molecular formula is C26H36N4O3. The number of carbonyl (C=O) groups is 1. The number of allylic oxidation sites excluding steroid dienone is 1. The quantitative estimate of drug-likeness (QED) is 0.502. The highest BCUT2D eigenvalue weighted by Crippen LogP contribution is 2.34. The van der Waals surface area contributed by atoms with Gasteiger partial charge < -0.3 is 19.4 Å². The van der Waals surface area contributed by atoms with Crippen LogP contribution in [0.25, 0.3) is 0 Å². The molecule has 1 fully saturated rings. The van der Waals surface area contributed by atoms with Gasteiger partial charge in [0.2, 0.25) is 0 Å². The predicted octanol–water partition coefficient (Wildman–Crippen LogP) is 4.70. The fourth-order valence-electron chi connectivity index (χ4n) is 3.67. The number of nitrogens with one attached hydrogen (secondary N) is 1. The molecule has 0 unspecified atom stereocenters. The van der Waals surface area contributed by atoms with Gasteiger partial charge in [-0.1, -0.05) is 24.3 Å². The fraction of sp³-hybridized carbons (Fsp3) is 0.500. The minimum atomic E-state index is -0.591. The second-order valence-corrected chi connectivity index (χ2v) is 9.18. The van der Waals surface area contributed by atoms with Crippen LogP contribution in [0.4, 0.5) is 5.82 Å². The predicted molar refractivity (Wildman–Crippen MR) is 131 cm³/mol. The average Bonchev–Trinajstić information content (AvgIpc) is 3.56. The van der Waals surface area contributed by atoms with E-state index in [1.54, 1.807) is 18.0 Å². The maximum atomic E-state index is 13.3. The first-order valence-electron chi connectivity index (χ1n) is 11.5. The minimum Gasteiger partial charge on any atom is -0.380 e. The average molecular weight is 453 g/mol. The van der Waals surface area contributed by atoms with Crippen molar-refractivity contribution in [2.75, 3.05) is 20.3 Å². The van der Waals surface area contributed by atoms with E-state index < -0.39 is 5.54 Å². The lowest BCUT2D eigenvalue weighted by atomic mass is 9.92. The number of benzene rings is 1. The largest absolute Gasteiger partial charge is 0.380 e. The van der Waals surface area contributed by atoms with E-state index in [9.17, 15) is 4.79 Å². The van der Waals surface area contributed by atoms with Crippen LogP contribution in [0.5, 0.6) is 0 Å². The number of hydrogen-bond donors (Lipinski definition) is 1. The van der Waals surface area contributed by atoms with Gasteiger partial charge in [-0.15, -0.1) is 0 Å². The summed E-state index contributed by atoms with van der Waals surface area (Å²) in [5.74, 6) is 0.742. The van der Waals surface area contributed by atoms with Gasteiger partial charge in [-0.25, -0.2) is 9.98 Å². The van der Waals surface area contributed by atoms with Crippen molar-refractivity contribution in [1.82, 2.24) is 14.9 Å². The van der Waals surface area contributed by atoms with Crippen molar-refractivity contribution in [2.45, 2.75) is 52.7 Å². The Morgan fingerprint density at radius 2 is 2.12 bits per heavy atom. The highest BCUT2D eigenvalue weighted by atomic mass is 16.5. The summed E-state index contributed by atoms with van der Waals surface area (Å²) >= 11 is 0. The van der Waals surface area contributed by atoms with E-state index in [-0.39, 0.29) is 5.91 Å². The standard InChI is InChI=1S/C26H36N4O3/c1-7-33-16-19-9-8-10-21(14-19)26(3,4)29-25(31)23-24(30(5)17-27-23)28-22(20-11-12-20)13-18(2)15-32-6/h8-10,13-14,17,20H,7,11-12,15-16H2,1-6H3,(H,29,31)/b18-13+,28-22+. The molecule has 1 heterocycles. The summed E-state index contributed by atoms with van der Waals surface area (Å²) in [5, 5.41) is 3.14. The van der Waals surface area contributed by atoms with Crippen LogP contribution in [0.3, 0.4) is 0 Å². The second kappa shape index (κ2) is 10.9. The summed E-state index contributed by atoms with van der Waals surface area (Å²) in [4.78, 5) is 22.6. The van der Waals surface area contributed by atoms with Crippen LogP contribution >= 0.6 is 0 Å². The molecule has 1 aromatic carbocycles. The lowest BCUT2D eigenvalue weighted by Gasteiger charge is -2.27. The van der Waals surface area contributed by atoms with Crippen LogP contribution < -0.4 is 5.32 Å². The third-order valence-electron chi connectivity index (χ3n) is 5.67. The van der Waals surface area contributed by atoms with E-state index >= 15 is 0 Å². The van der Waals surface area contributed by atoms with Crippen LogP contribution in [0, 0.1) is 5.92 Å². The highest BCUT2D eigenvalue weighted by molar-refractivity contribution is 6.03. The van der Waals surface area contributed by atoms with Gasteiger partial charge >= 0.3 is 0 Å². The smallest absolute Gasteiger partial charge is 0.274 e. The number of methoxy groups -OCH3 is 1. The maximum absolute atomic E-state index is 13.3. The van der Waals surface area contributed by atoms with Gasteiger partial charge in [-0.2, -0.15) is 0 Å². The van der Waals surface area contributed by atoms with Gasteiger partial charge in [-0.05, 0) is 63.3 Å². The Balaban J connectivity index is 1.85. The van der Waals surface area contributed by atoms with Crippen molar-refractivity contribution in [3.05, 3.63) is 59.1 Å². The van der Waals surface area contributed by atoms with Crippen LogP contribution in [0.2, 0.25) is 0 Å². The maximum Gasteiger partial charge on any atom is 0.274 e. The Labute approximate surface area is 196 Å². The van der Waals surface area contributed by atoms with E-state index in [4.69, 9.17) is 14.5 Å². The number of aryl methyl sites for hydroxylation is 1. The summed E-state index contributed by atoms with van der Waals surface area (Å²) in [6.45, 7) is 9.75. The molecule has 0 radical (unpaired) electrons. The zero-order valence-corrected chi connectivity index (χ0v) is 20.6. The van der Waals surface area contributed by atoms with Crippen molar-refractivity contribution in [2.24, 2.45) is 18.0 Å². The number of aliphatic imine (C=N–C) groups is 1. The number of ether oxygens (including phenoxy) is 2. The zero-order valence-electron chi connectivity index (χ0n) is 20.6. The molecular weight excluding hydrogens is 416 g/mol. The molecule has 0 aliphatic heterocycles. The van der Waals surface area contributed by atoms with Crippen LogP contribution in [-0.4, -0.2) is 41.5 Å². The Hall–Kier alpha value is -2.77. The van der Waals surface area contributed by atoms with E-state index in [0.29, 0.717) is 37.3 Å². The topological polar surface area (TPSA) is 77.7 Å². The Kier molecular flexibility index (Phi) is 8.21. The van der Waals surface area contributed by atoms with Crippen molar-refractivity contribution >= 4 is 17.4 Å². The molecule has 33 heavy (non-hydrogen) atoms. The zero-order chi connectivity index (χ0) is 24.0. The first-order valence-corrected chi connectivity index (χ1v) is 11.5. The molecule has 1 aromatic heterocycles. The molecule has 3 rings (SSSR count). The monoisotopic (exact) mass is 452 g/mol. The molecule has 0 saturated heterocycles. The van der Waals surface area contributed by atoms with Crippen LogP contribution in [0.1, 0.15) is 62.2 Å². The third kappa shape index (κ3) is 6.62. The van der Waals surface area contributed by atoms with Crippen molar-refractivity contribution < 1.29 is 14.3 Å². The molecule has 7 heteroatoms. The number of amides is 1. The van der Waals surface area contributed by atoms with Crippen LogP contribution in [0.15, 0.2) is 47.2 Å². The first kappa shape index (κ1) is 24.9. The molecule has 1 saturated carbocycles. The van der Waals surface area contributed by atoms with Crippen molar-refractivity contribution in [1.29, 1.82) is 0 Å². The normalized spacial score (nSPS) is 15.1. The number of hydrogen-bond acceptors (Lipinski definition) is 5. The van der Waals surface area contributed by atoms with Crippen LogP contribution in [-0.2, 0) is 28.7 Å². The Morgan fingerprint density at radius 3 is 2.79 bits per heavy atom. The number of carbonyl (C=O) groups excluding carboxylic acids is 1. The van der Waals surface area contributed by atoms with Crippen molar-refractivity contribution in [3.63, 3.8) is 0 Å². The fourth-order valence-corrected chi connectivity index (χ4v) is 3.67. The SMILES string of the molecule is CCOCc1cccc(C(C)(C)NC(=O)c2ncn(C)c2/N=C(\C=C(/C)COC)C2CC2)c1. The van der Waals surface area contributed by atoms with Crippen molar-refractivity contribution in [3.8, 4) is 0 Å². The molecule has 1 N–H and O–H groups in total. The Bertz CT molecular complexity index is 1030. The molecule has 2 aromatic rings. The van der Waals surface area contributed by atoms with Gasteiger partial charge in [0.05, 0.1) is 25.1 Å². The van der Waals surface area contributed by atoms with E-state index in [0.717, 1.165) is 35.3 Å². The Morgan fingerprint density at radius 1 is 1.36 bits per heavy atom.